The fraction of sp³-hybridized carbons (Fsp3) is 0.389. The number of ether oxygens (including phenoxy) is 1. The molecule has 0 aliphatic heterocycles. The Hall–Kier alpha value is -2.74. The minimum absolute atomic E-state index is 0.110. The summed E-state index contributed by atoms with van der Waals surface area (Å²) in [5, 5.41) is 11.6. The third-order valence-corrected chi connectivity index (χ3v) is 4.34. The van der Waals surface area contributed by atoms with Gasteiger partial charge in [-0.05, 0) is 18.6 Å². The number of carbonyl (C=O) groups excluding carboxylic acids is 1. The second-order valence-electron chi connectivity index (χ2n) is 6.10. The Morgan fingerprint density at radius 3 is 3.08 bits per heavy atom. The van der Waals surface area contributed by atoms with Gasteiger partial charge in [-0.1, -0.05) is 12.1 Å². The van der Waals surface area contributed by atoms with Gasteiger partial charge in [0.15, 0.2) is 0 Å². The minimum atomic E-state index is -0.312. The predicted molar refractivity (Wildman–Crippen MR) is 95.3 cm³/mol. The highest BCUT2D eigenvalue weighted by Gasteiger charge is 2.14. The largest absolute Gasteiger partial charge is 0.383 e. The van der Waals surface area contributed by atoms with Crippen molar-refractivity contribution >= 4 is 16.8 Å². The van der Waals surface area contributed by atoms with Crippen molar-refractivity contribution < 1.29 is 13.9 Å². The van der Waals surface area contributed by atoms with Crippen LogP contribution in [0.25, 0.3) is 10.9 Å². The van der Waals surface area contributed by atoms with Crippen LogP contribution < -0.4 is 5.32 Å². The first kappa shape index (κ1) is 18.1. The van der Waals surface area contributed by atoms with Crippen molar-refractivity contribution in [3.63, 3.8) is 0 Å². The van der Waals surface area contributed by atoms with Gasteiger partial charge in [0.2, 0.25) is 5.91 Å². The second-order valence-corrected chi connectivity index (χ2v) is 6.10. The van der Waals surface area contributed by atoms with Crippen LogP contribution in [0, 0.1) is 12.7 Å². The molecule has 0 bridgehead atoms. The Labute approximate surface area is 150 Å². The van der Waals surface area contributed by atoms with E-state index in [2.05, 4.69) is 20.5 Å². The number of methoxy groups -OCH3 is 1. The van der Waals surface area contributed by atoms with Crippen LogP contribution in [0.1, 0.15) is 17.1 Å². The zero-order valence-corrected chi connectivity index (χ0v) is 14.9. The Bertz CT molecular complexity index is 902. The van der Waals surface area contributed by atoms with Crippen LogP contribution in [-0.4, -0.2) is 45.9 Å². The molecule has 3 rings (SSSR count). The highest BCUT2D eigenvalue weighted by Crippen LogP contribution is 2.24. The summed E-state index contributed by atoms with van der Waals surface area (Å²) in [4.78, 5) is 15.3. The van der Waals surface area contributed by atoms with Crippen molar-refractivity contribution in [1.82, 2.24) is 25.1 Å². The van der Waals surface area contributed by atoms with Crippen LogP contribution in [-0.2, 0) is 28.9 Å². The molecule has 1 amide bonds. The number of carbonyl (C=O) groups is 1. The summed E-state index contributed by atoms with van der Waals surface area (Å²) < 4.78 is 20.8. The molecule has 26 heavy (non-hydrogen) atoms. The summed E-state index contributed by atoms with van der Waals surface area (Å²) in [6.45, 7) is 3.56. The molecule has 0 radical (unpaired) electrons. The van der Waals surface area contributed by atoms with Crippen LogP contribution >= 0.6 is 0 Å². The van der Waals surface area contributed by atoms with E-state index in [0.717, 1.165) is 22.5 Å². The average molecular weight is 359 g/mol. The summed E-state index contributed by atoms with van der Waals surface area (Å²) in [5.41, 5.74) is 2.07. The minimum Gasteiger partial charge on any atom is -0.383 e. The fourth-order valence-corrected chi connectivity index (χ4v) is 2.98. The molecule has 2 N–H and O–H groups in total. The van der Waals surface area contributed by atoms with Crippen molar-refractivity contribution in [1.29, 1.82) is 0 Å². The Kier molecular flexibility index (Phi) is 5.62. The lowest BCUT2D eigenvalue weighted by molar-refractivity contribution is -0.120. The number of benzene rings is 1. The van der Waals surface area contributed by atoms with Gasteiger partial charge in [-0.3, -0.25) is 4.79 Å². The number of H-pyrrole nitrogens is 1. The first-order valence-corrected chi connectivity index (χ1v) is 8.48. The molecule has 1 aromatic carbocycles. The number of amides is 1. The van der Waals surface area contributed by atoms with Crippen molar-refractivity contribution in [2.75, 3.05) is 20.3 Å². The van der Waals surface area contributed by atoms with E-state index >= 15 is 0 Å². The second kappa shape index (κ2) is 8.09. The number of para-hydroxylation sites is 1. The van der Waals surface area contributed by atoms with Gasteiger partial charge in [-0.2, -0.15) is 0 Å². The standard InChI is InChI=1S/C18H22FN5O2/c1-12-14(13-4-3-5-15(19)18(13)22-12)10-17(25)20-7-6-16-23-21-11-24(16)8-9-26-2/h3-5,11,22H,6-10H2,1-2H3,(H,20,25). The molecule has 0 unspecified atom stereocenters. The fourth-order valence-electron chi connectivity index (χ4n) is 2.98. The molecule has 0 aliphatic carbocycles. The monoisotopic (exact) mass is 359 g/mol. The average Bonchev–Trinajstić information content (AvgIpc) is 3.19. The highest BCUT2D eigenvalue weighted by atomic mass is 19.1. The summed E-state index contributed by atoms with van der Waals surface area (Å²) in [6.07, 6.45) is 2.43. The lowest BCUT2D eigenvalue weighted by Gasteiger charge is -2.07. The number of aromatic nitrogens is 4. The van der Waals surface area contributed by atoms with Gasteiger partial charge in [-0.15, -0.1) is 10.2 Å². The van der Waals surface area contributed by atoms with Crippen molar-refractivity contribution in [2.45, 2.75) is 26.3 Å². The van der Waals surface area contributed by atoms with Gasteiger partial charge in [0.25, 0.3) is 0 Å². The number of nitrogens with one attached hydrogen (secondary N) is 2. The smallest absolute Gasteiger partial charge is 0.224 e. The number of aromatic amines is 1. The molecule has 0 aliphatic rings. The number of fused-ring (bicyclic) bond motifs is 1. The summed E-state index contributed by atoms with van der Waals surface area (Å²) >= 11 is 0. The zero-order valence-electron chi connectivity index (χ0n) is 14.9. The van der Waals surface area contributed by atoms with Crippen LogP contribution in [0.15, 0.2) is 24.5 Å². The first-order chi connectivity index (χ1) is 12.6. The molecule has 138 valence electrons. The number of hydrogen-bond donors (Lipinski definition) is 2. The van der Waals surface area contributed by atoms with E-state index in [1.807, 2.05) is 17.6 Å². The number of halogens is 1. The maximum Gasteiger partial charge on any atom is 0.224 e. The van der Waals surface area contributed by atoms with Gasteiger partial charge in [-0.25, -0.2) is 4.39 Å². The number of rotatable bonds is 8. The van der Waals surface area contributed by atoms with E-state index in [-0.39, 0.29) is 18.1 Å². The van der Waals surface area contributed by atoms with Crippen molar-refractivity contribution in [2.24, 2.45) is 0 Å². The molecule has 7 nitrogen and oxygen atoms in total. The molecule has 0 fully saturated rings. The number of hydrogen-bond acceptors (Lipinski definition) is 4. The van der Waals surface area contributed by atoms with Crippen LogP contribution in [0.2, 0.25) is 0 Å². The molecule has 0 spiro atoms. The highest BCUT2D eigenvalue weighted by molar-refractivity contribution is 5.90. The maximum absolute atomic E-state index is 13.8. The predicted octanol–water partition coefficient (Wildman–Crippen LogP) is 1.75. The van der Waals surface area contributed by atoms with Crippen LogP contribution in [0.5, 0.6) is 0 Å². The van der Waals surface area contributed by atoms with Gasteiger partial charge in [0.1, 0.15) is 18.0 Å². The Balaban J connectivity index is 1.58. The van der Waals surface area contributed by atoms with Crippen LogP contribution in [0.3, 0.4) is 0 Å². The summed E-state index contributed by atoms with van der Waals surface area (Å²) in [7, 11) is 1.64. The lowest BCUT2D eigenvalue weighted by Crippen LogP contribution is -2.28. The third-order valence-electron chi connectivity index (χ3n) is 4.34. The zero-order chi connectivity index (χ0) is 18.5. The maximum atomic E-state index is 13.8. The Morgan fingerprint density at radius 2 is 2.27 bits per heavy atom. The molecule has 2 aromatic heterocycles. The molecule has 0 saturated heterocycles. The van der Waals surface area contributed by atoms with Gasteiger partial charge >= 0.3 is 0 Å². The molecule has 0 atom stereocenters. The van der Waals surface area contributed by atoms with E-state index < -0.39 is 0 Å². The van der Waals surface area contributed by atoms with E-state index in [1.54, 1.807) is 19.5 Å². The van der Waals surface area contributed by atoms with Gasteiger partial charge < -0.3 is 19.6 Å². The van der Waals surface area contributed by atoms with Gasteiger partial charge in [0, 0.05) is 37.7 Å². The Morgan fingerprint density at radius 1 is 1.42 bits per heavy atom. The first-order valence-electron chi connectivity index (χ1n) is 8.48. The molecular weight excluding hydrogens is 337 g/mol. The summed E-state index contributed by atoms with van der Waals surface area (Å²) in [5.74, 6) is 0.376. The SMILES string of the molecule is COCCn1cnnc1CCNC(=O)Cc1c(C)[nH]c2c(F)cccc12. The quantitative estimate of drug-likeness (QED) is 0.642. The van der Waals surface area contributed by atoms with E-state index in [9.17, 15) is 9.18 Å². The molecule has 0 saturated carbocycles. The molecule has 2 heterocycles. The summed E-state index contributed by atoms with van der Waals surface area (Å²) in [6, 6.07) is 4.88. The van der Waals surface area contributed by atoms with Crippen molar-refractivity contribution in [3.8, 4) is 0 Å². The molecule has 3 aromatic rings. The normalized spacial score (nSPS) is 11.2. The van der Waals surface area contributed by atoms with Crippen LogP contribution in [0.4, 0.5) is 4.39 Å². The van der Waals surface area contributed by atoms with E-state index in [1.165, 1.54) is 6.07 Å². The lowest BCUT2D eigenvalue weighted by atomic mass is 10.1. The number of nitrogens with zero attached hydrogens (tertiary/aromatic N) is 3. The van der Waals surface area contributed by atoms with E-state index in [4.69, 9.17) is 4.74 Å². The molecular formula is C18H22FN5O2. The van der Waals surface area contributed by atoms with Crippen molar-refractivity contribution in [3.05, 3.63) is 47.4 Å². The topological polar surface area (TPSA) is 84.8 Å². The molecule has 8 heteroatoms. The van der Waals surface area contributed by atoms with Gasteiger partial charge in [0.05, 0.1) is 18.5 Å². The van der Waals surface area contributed by atoms with E-state index in [0.29, 0.717) is 31.6 Å². The third kappa shape index (κ3) is 3.91. The number of aryl methyl sites for hydroxylation is 1.